The second-order valence-corrected chi connectivity index (χ2v) is 5.10. The van der Waals surface area contributed by atoms with Gasteiger partial charge in [0.15, 0.2) is 5.82 Å². The molecule has 0 saturated carbocycles. The van der Waals surface area contributed by atoms with Gasteiger partial charge in [-0.05, 0) is 35.4 Å². The second-order valence-electron chi connectivity index (χ2n) is 4.18. The Bertz CT molecular complexity index is 518. The molecule has 1 aromatic carbocycles. The third kappa shape index (κ3) is 3.12. The number of nitrogens with zero attached hydrogens (tertiary/aromatic N) is 4. The molecule has 0 aliphatic carbocycles. The van der Waals surface area contributed by atoms with E-state index < -0.39 is 0 Å². The molecule has 3 N–H and O–H groups in total. The average Bonchev–Trinajstić information content (AvgIpc) is 2.70. The Kier molecular flexibility index (Phi) is 4.05. The molecule has 1 heterocycles. The van der Waals surface area contributed by atoms with Crippen LogP contribution in [0.25, 0.3) is 0 Å². The second kappa shape index (κ2) is 5.55. The molecule has 0 saturated heterocycles. The van der Waals surface area contributed by atoms with Crippen LogP contribution in [0.5, 0.6) is 0 Å². The fourth-order valence-electron chi connectivity index (χ4n) is 1.83. The van der Waals surface area contributed by atoms with Gasteiger partial charge in [-0.15, -0.1) is 10.2 Å². The number of aryl methyl sites for hydroxylation is 2. The van der Waals surface area contributed by atoms with E-state index in [0.29, 0.717) is 12.2 Å². The highest BCUT2D eigenvalue weighted by atomic mass is 79.9. The van der Waals surface area contributed by atoms with Gasteiger partial charge in [0.2, 0.25) is 0 Å². The van der Waals surface area contributed by atoms with Crippen LogP contribution in [0, 0.1) is 6.92 Å². The number of rotatable bonds is 4. The zero-order chi connectivity index (χ0) is 13.1. The van der Waals surface area contributed by atoms with E-state index in [4.69, 9.17) is 5.84 Å². The van der Waals surface area contributed by atoms with Gasteiger partial charge in [0, 0.05) is 10.9 Å². The number of hydrogen-bond acceptors (Lipinski definition) is 5. The van der Waals surface area contributed by atoms with Crippen molar-refractivity contribution in [2.75, 3.05) is 0 Å². The van der Waals surface area contributed by atoms with Gasteiger partial charge in [-0.2, -0.15) is 4.80 Å². The largest absolute Gasteiger partial charge is 0.271 e. The van der Waals surface area contributed by atoms with E-state index in [0.717, 1.165) is 10.0 Å². The van der Waals surface area contributed by atoms with Crippen LogP contribution in [0.2, 0.25) is 0 Å². The summed E-state index contributed by atoms with van der Waals surface area (Å²) in [5, 5.41) is 11.9. The summed E-state index contributed by atoms with van der Waals surface area (Å²) < 4.78 is 1.03. The van der Waals surface area contributed by atoms with Crippen LogP contribution < -0.4 is 11.3 Å². The summed E-state index contributed by atoms with van der Waals surface area (Å²) in [7, 11) is 1.74. The van der Waals surface area contributed by atoms with E-state index in [2.05, 4.69) is 48.9 Å². The number of aromatic nitrogens is 4. The van der Waals surface area contributed by atoms with Crippen LogP contribution in [0.1, 0.15) is 23.0 Å². The van der Waals surface area contributed by atoms with Gasteiger partial charge in [-0.1, -0.05) is 22.0 Å². The van der Waals surface area contributed by atoms with Gasteiger partial charge >= 0.3 is 0 Å². The first kappa shape index (κ1) is 13.1. The van der Waals surface area contributed by atoms with E-state index in [9.17, 15) is 0 Å². The Morgan fingerprint density at radius 3 is 2.78 bits per heavy atom. The highest BCUT2D eigenvalue weighted by molar-refractivity contribution is 9.10. The van der Waals surface area contributed by atoms with Crippen LogP contribution in [0.3, 0.4) is 0 Å². The van der Waals surface area contributed by atoms with Crippen molar-refractivity contribution in [2.45, 2.75) is 19.4 Å². The summed E-state index contributed by atoms with van der Waals surface area (Å²) in [6.45, 7) is 2.04. The van der Waals surface area contributed by atoms with Crippen molar-refractivity contribution in [3.8, 4) is 0 Å². The lowest BCUT2D eigenvalue weighted by atomic mass is 10.0. The lowest BCUT2D eigenvalue weighted by molar-refractivity contribution is 0.535. The van der Waals surface area contributed by atoms with Crippen LogP contribution in [-0.2, 0) is 13.5 Å². The highest BCUT2D eigenvalue weighted by Gasteiger charge is 2.14. The first-order valence-corrected chi connectivity index (χ1v) is 6.34. The molecular formula is C11H15BrN6. The summed E-state index contributed by atoms with van der Waals surface area (Å²) in [6, 6.07) is 6.14. The number of nitrogens with two attached hydrogens (primary N) is 1. The smallest absolute Gasteiger partial charge is 0.176 e. The summed E-state index contributed by atoms with van der Waals surface area (Å²) in [5.74, 6) is 6.28. The Morgan fingerprint density at radius 1 is 1.44 bits per heavy atom. The fraction of sp³-hybridized carbons (Fsp3) is 0.364. The van der Waals surface area contributed by atoms with Crippen molar-refractivity contribution in [3.05, 3.63) is 39.6 Å². The lowest BCUT2D eigenvalue weighted by Crippen LogP contribution is -2.30. The molecule has 0 spiro atoms. The molecule has 0 aliphatic heterocycles. The topological polar surface area (TPSA) is 81.7 Å². The molecule has 2 rings (SSSR count). The summed E-state index contributed by atoms with van der Waals surface area (Å²) in [5.41, 5.74) is 5.06. The molecule has 0 aliphatic rings. The van der Waals surface area contributed by atoms with Crippen molar-refractivity contribution in [2.24, 2.45) is 12.9 Å². The fourth-order valence-corrected chi connectivity index (χ4v) is 2.45. The van der Waals surface area contributed by atoms with Crippen molar-refractivity contribution in [3.63, 3.8) is 0 Å². The lowest BCUT2D eigenvalue weighted by Gasteiger charge is -2.15. The Hall–Kier alpha value is -1.31. The maximum Gasteiger partial charge on any atom is 0.176 e. The molecule has 96 valence electrons. The minimum Gasteiger partial charge on any atom is -0.271 e. The number of nitrogens with one attached hydrogen (secondary N) is 1. The molecular weight excluding hydrogens is 296 g/mol. The van der Waals surface area contributed by atoms with Gasteiger partial charge in [-0.25, -0.2) is 0 Å². The van der Waals surface area contributed by atoms with Crippen LogP contribution in [0.15, 0.2) is 22.7 Å². The van der Waals surface area contributed by atoms with Gasteiger partial charge < -0.3 is 0 Å². The third-order valence-electron chi connectivity index (χ3n) is 2.60. The maximum absolute atomic E-state index is 5.61. The van der Waals surface area contributed by atoms with E-state index in [1.807, 2.05) is 13.0 Å². The number of hydrogen-bond donors (Lipinski definition) is 2. The molecule has 1 atom stereocenters. The summed E-state index contributed by atoms with van der Waals surface area (Å²) in [6.07, 6.45) is 0.597. The first-order chi connectivity index (χ1) is 8.58. The van der Waals surface area contributed by atoms with Crippen LogP contribution >= 0.6 is 15.9 Å². The summed E-state index contributed by atoms with van der Waals surface area (Å²) >= 11 is 3.48. The Labute approximate surface area is 114 Å². The molecule has 0 radical (unpaired) electrons. The number of halogens is 1. The normalized spacial score (nSPS) is 12.7. The molecule has 0 bridgehead atoms. The zero-order valence-electron chi connectivity index (χ0n) is 10.3. The van der Waals surface area contributed by atoms with Crippen LogP contribution in [0.4, 0.5) is 0 Å². The third-order valence-corrected chi connectivity index (χ3v) is 3.06. The minimum atomic E-state index is -0.0367. The van der Waals surface area contributed by atoms with Gasteiger partial charge in [0.25, 0.3) is 0 Å². The first-order valence-electron chi connectivity index (χ1n) is 5.54. The van der Waals surface area contributed by atoms with Gasteiger partial charge in [0.1, 0.15) is 0 Å². The van der Waals surface area contributed by atoms with Crippen molar-refractivity contribution in [1.29, 1.82) is 0 Å². The molecule has 1 unspecified atom stereocenters. The van der Waals surface area contributed by atoms with Gasteiger partial charge in [0.05, 0.1) is 13.1 Å². The minimum absolute atomic E-state index is 0.0367. The van der Waals surface area contributed by atoms with Crippen molar-refractivity contribution in [1.82, 2.24) is 25.6 Å². The van der Waals surface area contributed by atoms with E-state index in [1.165, 1.54) is 10.4 Å². The monoisotopic (exact) mass is 310 g/mol. The maximum atomic E-state index is 5.61. The zero-order valence-corrected chi connectivity index (χ0v) is 11.8. The molecule has 0 fully saturated rings. The van der Waals surface area contributed by atoms with E-state index in [-0.39, 0.29) is 6.04 Å². The van der Waals surface area contributed by atoms with Crippen molar-refractivity contribution >= 4 is 15.9 Å². The number of benzene rings is 1. The molecule has 2 aromatic rings. The van der Waals surface area contributed by atoms with Crippen LogP contribution in [-0.4, -0.2) is 20.2 Å². The van der Waals surface area contributed by atoms with E-state index in [1.54, 1.807) is 7.05 Å². The standard InChI is InChI=1S/C11H15BrN6/c1-7-3-8(5-9(12)4-7)10(14-13)6-11-15-17-18(2)16-11/h3-5,10,14H,6,13H2,1-2H3. The number of hydrazine groups is 1. The predicted octanol–water partition coefficient (Wildman–Crippen LogP) is 1.03. The SMILES string of the molecule is Cc1cc(Br)cc(C(Cc2nnn(C)n2)NN)c1. The Morgan fingerprint density at radius 2 is 2.22 bits per heavy atom. The van der Waals surface area contributed by atoms with E-state index >= 15 is 0 Å². The number of tetrazole rings is 1. The van der Waals surface area contributed by atoms with Gasteiger partial charge in [-0.3, -0.25) is 11.3 Å². The Balaban J connectivity index is 2.22. The molecule has 7 heteroatoms. The van der Waals surface area contributed by atoms with Crippen molar-refractivity contribution < 1.29 is 0 Å². The molecule has 1 aromatic heterocycles. The highest BCUT2D eigenvalue weighted by Crippen LogP contribution is 2.22. The molecule has 6 nitrogen and oxygen atoms in total. The molecule has 0 amide bonds. The summed E-state index contributed by atoms with van der Waals surface area (Å²) in [4.78, 5) is 1.44. The quantitative estimate of drug-likeness (QED) is 0.651. The average molecular weight is 311 g/mol. The molecule has 18 heavy (non-hydrogen) atoms. The predicted molar refractivity (Wildman–Crippen MR) is 71.4 cm³/mol.